The number of hydrogen-bond acceptors (Lipinski definition) is 3. The number of nitrogens with one attached hydrogen (secondary N) is 1. The molecule has 1 aromatic rings. The molecule has 0 aromatic heterocycles. The maximum Gasteiger partial charge on any atom is 0.264 e. The van der Waals surface area contributed by atoms with E-state index in [9.17, 15) is 17.6 Å². The number of benzene rings is 1. The molecular weight excluding hydrogens is 385 g/mol. The van der Waals surface area contributed by atoms with Gasteiger partial charge in [0.1, 0.15) is 4.90 Å². The van der Waals surface area contributed by atoms with Crippen molar-refractivity contribution in [2.75, 3.05) is 6.54 Å². The number of hydrogen-bond donors (Lipinski definition) is 1. The van der Waals surface area contributed by atoms with Crippen LogP contribution in [0.4, 0.5) is 4.39 Å². The van der Waals surface area contributed by atoms with Gasteiger partial charge in [0.25, 0.3) is 15.0 Å². The zero-order valence-electron chi connectivity index (χ0n) is 11.3. The fourth-order valence-corrected chi connectivity index (χ4v) is 3.64. The third-order valence-corrected chi connectivity index (χ3v) is 5.62. The Kier molecular flexibility index (Phi) is 4.66. The van der Waals surface area contributed by atoms with E-state index in [0.29, 0.717) is 6.54 Å². The highest BCUT2D eigenvalue weighted by atomic mass is 79.9. The molecule has 0 saturated heterocycles. The molecule has 1 N–H and O–H groups in total. The van der Waals surface area contributed by atoms with Crippen LogP contribution in [0.15, 0.2) is 21.5 Å². The molecule has 0 spiro atoms. The van der Waals surface area contributed by atoms with E-state index in [1.54, 1.807) is 0 Å². The fourth-order valence-electron chi connectivity index (χ4n) is 2.10. The molecule has 8 heteroatoms. The van der Waals surface area contributed by atoms with Gasteiger partial charge in [0, 0.05) is 21.7 Å². The lowest BCUT2D eigenvalue weighted by molar-refractivity contribution is 0.0939. The molecule has 21 heavy (non-hydrogen) atoms. The van der Waals surface area contributed by atoms with Gasteiger partial charge in [-0.3, -0.25) is 4.79 Å². The van der Waals surface area contributed by atoms with E-state index < -0.39 is 25.7 Å². The molecule has 0 unspecified atom stereocenters. The van der Waals surface area contributed by atoms with Crippen LogP contribution in [0.5, 0.6) is 0 Å². The average Bonchev–Trinajstić information content (AvgIpc) is 3.17. The van der Waals surface area contributed by atoms with Gasteiger partial charge in [-0.15, -0.1) is 0 Å². The third kappa shape index (κ3) is 3.76. The van der Waals surface area contributed by atoms with Gasteiger partial charge in [-0.1, -0.05) is 22.9 Å². The Balaban J connectivity index is 2.27. The average molecular weight is 399 g/mol. The molecular formula is C13H14BrClFNO3S. The molecule has 1 amide bonds. The van der Waals surface area contributed by atoms with Crippen molar-refractivity contribution in [3.05, 3.63) is 28.0 Å². The molecule has 4 nitrogen and oxygen atoms in total. The quantitative estimate of drug-likeness (QED) is 0.773. The maximum absolute atomic E-state index is 14.2. The molecule has 0 heterocycles. The summed E-state index contributed by atoms with van der Waals surface area (Å²) in [6, 6.07) is 2.27. The Bertz CT molecular complexity index is 689. The first kappa shape index (κ1) is 16.7. The first-order chi connectivity index (χ1) is 9.68. The highest BCUT2D eigenvalue weighted by Crippen LogP contribution is 2.47. The van der Waals surface area contributed by atoms with Crippen LogP contribution in [-0.2, 0) is 9.05 Å². The summed E-state index contributed by atoms with van der Waals surface area (Å²) in [4.78, 5) is 11.4. The second-order valence-corrected chi connectivity index (χ2v) is 8.69. The van der Waals surface area contributed by atoms with Gasteiger partial charge in [-0.2, -0.15) is 0 Å². The monoisotopic (exact) mass is 397 g/mol. The van der Waals surface area contributed by atoms with Crippen LogP contribution < -0.4 is 5.32 Å². The smallest absolute Gasteiger partial charge is 0.264 e. The second kappa shape index (κ2) is 5.85. The summed E-state index contributed by atoms with van der Waals surface area (Å²) >= 11 is 3.05. The number of carbonyl (C=O) groups excluding carboxylic acids is 1. The third-order valence-electron chi connectivity index (χ3n) is 3.84. The summed E-state index contributed by atoms with van der Waals surface area (Å²) in [5, 5.41) is 2.66. The predicted octanol–water partition coefficient (Wildman–Crippen LogP) is 3.44. The lowest BCUT2D eigenvalue weighted by atomic mass is 10.0. The molecule has 1 saturated carbocycles. The van der Waals surface area contributed by atoms with Crippen molar-refractivity contribution >= 4 is 41.6 Å². The van der Waals surface area contributed by atoms with Gasteiger partial charge in [0.2, 0.25) is 0 Å². The second-order valence-electron chi connectivity index (χ2n) is 5.24. The Hall–Kier alpha value is -0.660. The summed E-state index contributed by atoms with van der Waals surface area (Å²) in [6.45, 7) is 2.49. The van der Waals surface area contributed by atoms with Gasteiger partial charge in [-0.05, 0) is 36.8 Å². The summed E-state index contributed by atoms with van der Waals surface area (Å²) in [7, 11) is 0.914. The predicted molar refractivity (Wildman–Crippen MR) is 81.4 cm³/mol. The number of rotatable bonds is 5. The molecule has 1 aliphatic carbocycles. The first-order valence-corrected chi connectivity index (χ1v) is 9.51. The van der Waals surface area contributed by atoms with E-state index in [-0.39, 0.29) is 15.5 Å². The minimum atomic E-state index is -4.26. The van der Waals surface area contributed by atoms with Crippen molar-refractivity contribution in [1.82, 2.24) is 5.32 Å². The lowest BCUT2D eigenvalue weighted by Crippen LogP contribution is -2.30. The van der Waals surface area contributed by atoms with Crippen LogP contribution in [0.3, 0.4) is 0 Å². The van der Waals surface area contributed by atoms with Crippen LogP contribution >= 0.6 is 26.6 Å². The molecule has 0 radical (unpaired) electrons. The molecule has 2 rings (SSSR count). The molecule has 1 fully saturated rings. The Labute approximate surface area is 135 Å². The highest BCUT2D eigenvalue weighted by Gasteiger charge is 2.40. The van der Waals surface area contributed by atoms with E-state index in [0.717, 1.165) is 25.3 Å². The molecule has 1 aromatic carbocycles. The Morgan fingerprint density at radius 2 is 2.10 bits per heavy atom. The summed E-state index contributed by atoms with van der Waals surface area (Å²) in [6.07, 6.45) is 3.01. The van der Waals surface area contributed by atoms with Crippen LogP contribution in [0, 0.1) is 11.2 Å². The van der Waals surface area contributed by atoms with E-state index in [4.69, 9.17) is 10.7 Å². The highest BCUT2D eigenvalue weighted by molar-refractivity contribution is 9.10. The van der Waals surface area contributed by atoms with Crippen molar-refractivity contribution in [2.45, 2.75) is 31.1 Å². The maximum atomic E-state index is 14.2. The molecule has 0 aliphatic heterocycles. The SMILES string of the molecule is CCC1(CNC(=O)c2cc(Br)cc(S(=O)(=O)Cl)c2F)CC1. The molecule has 1 aliphatic rings. The van der Waals surface area contributed by atoms with Crippen LogP contribution in [-0.4, -0.2) is 20.9 Å². The standard InChI is InChI=1S/C13H14BrClFNO3S/c1-2-13(3-4-13)7-17-12(18)9-5-8(14)6-10(11(9)16)21(15,19)20/h5-6H,2-4,7H2,1H3,(H,17,18). The number of halogens is 3. The van der Waals surface area contributed by atoms with E-state index >= 15 is 0 Å². The van der Waals surface area contributed by atoms with Crippen molar-refractivity contribution in [2.24, 2.45) is 5.41 Å². The van der Waals surface area contributed by atoms with Crippen LogP contribution in [0.2, 0.25) is 0 Å². The normalized spacial score (nSPS) is 16.6. The van der Waals surface area contributed by atoms with Gasteiger partial charge in [0.15, 0.2) is 5.82 Å². The van der Waals surface area contributed by atoms with Gasteiger partial charge >= 0.3 is 0 Å². The number of carbonyl (C=O) groups is 1. The Morgan fingerprint density at radius 3 is 2.57 bits per heavy atom. The lowest BCUT2D eigenvalue weighted by Gasteiger charge is -2.14. The summed E-state index contributed by atoms with van der Waals surface area (Å²) < 4.78 is 37.1. The molecule has 116 valence electrons. The number of amides is 1. The van der Waals surface area contributed by atoms with Crippen molar-refractivity contribution in [1.29, 1.82) is 0 Å². The van der Waals surface area contributed by atoms with Crippen molar-refractivity contribution < 1.29 is 17.6 Å². The zero-order valence-corrected chi connectivity index (χ0v) is 14.4. The van der Waals surface area contributed by atoms with E-state index in [2.05, 4.69) is 21.2 Å². The van der Waals surface area contributed by atoms with Gasteiger partial charge in [0.05, 0.1) is 5.56 Å². The van der Waals surface area contributed by atoms with Crippen LogP contribution in [0.1, 0.15) is 36.5 Å². The van der Waals surface area contributed by atoms with Gasteiger partial charge < -0.3 is 5.32 Å². The summed E-state index contributed by atoms with van der Waals surface area (Å²) in [5.74, 6) is -1.78. The molecule has 0 bridgehead atoms. The van der Waals surface area contributed by atoms with Crippen LogP contribution in [0.25, 0.3) is 0 Å². The van der Waals surface area contributed by atoms with Crippen molar-refractivity contribution in [3.8, 4) is 0 Å². The minimum Gasteiger partial charge on any atom is -0.351 e. The van der Waals surface area contributed by atoms with Crippen molar-refractivity contribution in [3.63, 3.8) is 0 Å². The minimum absolute atomic E-state index is 0.111. The first-order valence-electron chi connectivity index (χ1n) is 6.40. The zero-order chi connectivity index (χ0) is 15.8. The topological polar surface area (TPSA) is 63.2 Å². The van der Waals surface area contributed by atoms with Gasteiger partial charge in [-0.25, -0.2) is 12.8 Å². The Morgan fingerprint density at radius 1 is 1.48 bits per heavy atom. The molecule has 0 atom stereocenters. The summed E-state index contributed by atoms with van der Waals surface area (Å²) in [5.41, 5.74) is -0.227. The fraction of sp³-hybridized carbons (Fsp3) is 0.462. The largest absolute Gasteiger partial charge is 0.351 e. The van der Waals surface area contributed by atoms with E-state index in [1.165, 1.54) is 6.07 Å². The van der Waals surface area contributed by atoms with E-state index in [1.807, 2.05) is 6.92 Å².